The molecule has 0 unspecified atom stereocenters. The van der Waals surface area contributed by atoms with Crippen molar-refractivity contribution in [1.82, 2.24) is 0 Å². The van der Waals surface area contributed by atoms with E-state index >= 15 is 0 Å². The third kappa shape index (κ3) is 5.25. The number of halogens is 5. The van der Waals surface area contributed by atoms with Crippen LogP contribution >= 0.6 is 15.9 Å². The number of carbonyl (C=O) groups is 2. The summed E-state index contributed by atoms with van der Waals surface area (Å²) in [6.45, 7) is -0.874. The van der Waals surface area contributed by atoms with Crippen LogP contribution in [-0.2, 0) is 15.7 Å². The summed E-state index contributed by atoms with van der Waals surface area (Å²) in [7, 11) is 0. The molecule has 7 nitrogen and oxygen atoms in total. The molecule has 1 amide bonds. The first-order chi connectivity index (χ1) is 13.0. The van der Waals surface area contributed by atoms with Gasteiger partial charge in [-0.25, -0.2) is 9.18 Å². The number of amides is 1. The van der Waals surface area contributed by atoms with Crippen LogP contribution in [0.25, 0.3) is 0 Å². The standard InChI is InChI=1S/C16H9BrF4N2O5/c17-11-6-9(18)2-3-10(11)15(25)28-7-14(24)22-12-4-1-8(16(19,20)21)5-13(12)23(26)27/h1-6H,7H2,(H,22,24). The number of hydrogen-bond donors (Lipinski definition) is 1. The second kappa shape index (κ2) is 8.33. The Morgan fingerprint density at radius 1 is 1.18 bits per heavy atom. The highest BCUT2D eigenvalue weighted by atomic mass is 79.9. The molecule has 148 valence electrons. The summed E-state index contributed by atoms with van der Waals surface area (Å²) in [6, 6.07) is 4.66. The molecule has 0 aliphatic carbocycles. The Balaban J connectivity index is 2.08. The Morgan fingerprint density at radius 3 is 2.43 bits per heavy atom. The fraction of sp³-hybridized carbons (Fsp3) is 0.125. The number of nitro benzene ring substituents is 1. The number of esters is 1. The van der Waals surface area contributed by atoms with Gasteiger partial charge in [0, 0.05) is 10.5 Å². The van der Waals surface area contributed by atoms with Crippen LogP contribution in [0.4, 0.5) is 28.9 Å². The topological polar surface area (TPSA) is 98.5 Å². The number of rotatable bonds is 5. The van der Waals surface area contributed by atoms with Gasteiger partial charge in [0.05, 0.1) is 16.1 Å². The Bertz CT molecular complexity index is 949. The quantitative estimate of drug-likeness (QED) is 0.307. The van der Waals surface area contributed by atoms with E-state index in [1.807, 2.05) is 5.32 Å². The van der Waals surface area contributed by atoms with Gasteiger partial charge < -0.3 is 10.1 Å². The highest BCUT2D eigenvalue weighted by Crippen LogP contribution is 2.34. The van der Waals surface area contributed by atoms with Gasteiger partial charge in [-0.1, -0.05) is 0 Å². The molecule has 0 radical (unpaired) electrons. The summed E-state index contributed by atoms with van der Waals surface area (Å²) in [5.74, 6) is -2.62. The first-order valence-electron chi connectivity index (χ1n) is 7.26. The van der Waals surface area contributed by atoms with E-state index < -0.39 is 52.3 Å². The first-order valence-corrected chi connectivity index (χ1v) is 8.06. The van der Waals surface area contributed by atoms with Gasteiger partial charge >= 0.3 is 12.1 Å². The summed E-state index contributed by atoms with van der Waals surface area (Å²) in [5.41, 5.74) is -2.81. The number of hydrogen-bond acceptors (Lipinski definition) is 5. The molecule has 2 rings (SSSR count). The molecule has 12 heteroatoms. The number of carbonyl (C=O) groups excluding carboxylic acids is 2. The fourth-order valence-electron chi connectivity index (χ4n) is 2.01. The van der Waals surface area contributed by atoms with E-state index in [-0.39, 0.29) is 16.1 Å². The van der Waals surface area contributed by atoms with E-state index in [9.17, 15) is 37.3 Å². The molecule has 28 heavy (non-hydrogen) atoms. The van der Waals surface area contributed by atoms with Crippen molar-refractivity contribution in [2.24, 2.45) is 0 Å². The van der Waals surface area contributed by atoms with Gasteiger partial charge in [0.1, 0.15) is 11.5 Å². The maximum absolute atomic E-state index is 13.0. The average Bonchev–Trinajstić information content (AvgIpc) is 2.58. The summed E-state index contributed by atoms with van der Waals surface area (Å²) < 4.78 is 55.8. The minimum atomic E-state index is -4.80. The van der Waals surface area contributed by atoms with Crippen molar-refractivity contribution in [2.75, 3.05) is 11.9 Å². The molecule has 2 aromatic carbocycles. The van der Waals surface area contributed by atoms with Gasteiger partial charge in [-0.05, 0) is 46.3 Å². The predicted molar refractivity (Wildman–Crippen MR) is 91.1 cm³/mol. The van der Waals surface area contributed by atoms with Gasteiger partial charge in [-0.3, -0.25) is 14.9 Å². The molecule has 0 aliphatic rings. The van der Waals surface area contributed by atoms with Crippen LogP contribution < -0.4 is 5.32 Å². The van der Waals surface area contributed by atoms with E-state index in [0.717, 1.165) is 24.3 Å². The lowest BCUT2D eigenvalue weighted by Gasteiger charge is -2.10. The molecule has 0 spiro atoms. The molecule has 0 atom stereocenters. The number of nitrogens with one attached hydrogen (secondary N) is 1. The SMILES string of the molecule is O=C(COC(=O)c1ccc(F)cc1Br)Nc1ccc(C(F)(F)F)cc1[N+](=O)[O-]. The minimum Gasteiger partial charge on any atom is -0.452 e. The molecule has 0 saturated heterocycles. The molecular formula is C16H9BrF4N2O5. The van der Waals surface area contributed by atoms with Crippen molar-refractivity contribution in [3.63, 3.8) is 0 Å². The van der Waals surface area contributed by atoms with E-state index in [1.165, 1.54) is 0 Å². The summed E-state index contributed by atoms with van der Waals surface area (Å²) in [6.07, 6.45) is -4.80. The van der Waals surface area contributed by atoms with E-state index in [2.05, 4.69) is 15.9 Å². The van der Waals surface area contributed by atoms with Crippen LogP contribution in [0, 0.1) is 15.9 Å². The van der Waals surface area contributed by atoms with Crippen LogP contribution in [0.5, 0.6) is 0 Å². The number of anilines is 1. The van der Waals surface area contributed by atoms with Gasteiger partial charge in [0.15, 0.2) is 6.61 Å². The van der Waals surface area contributed by atoms with Crippen molar-refractivity contribution in [3.8, 4) is 0 Å². The maximum atomic E-state index is 13.0. The number of benzene rings is 2. The summed E-state index contributed by atoms with van der Waals surface area (Å²) in [5, 5.41) is 13.0. The maximum Gasteiger partial charge on any atom is 0.416 e. The Hall–Kier alpha value is -3.02. The molecule has 2 aromatic rings. The highest BCUT2D eigenvalue weighted by Gasteiger charge is 2.33. The third-order valence-electron chi connectivity index (χ3n) is 3.28. The minimum absolute atomic E-state index is 0.0743. The van der Waals surface area contributed by atoms with Crippen molar-refractivity contribution < 1.29 is 36.8 Å². The van der Waals surface area contributed by atoms with Gasteiger partial charge in [-0.15, -0.1) is 0 Å². The third-order valence-corrected chi connectivity index (χ3v) is 3.94. The predicted octanol–water partition coefficient (Wildman–Crippen LogP) is 4.31. The zero-order valence-corrected chi connectivity index (χ0v) is 15.1. The van der Waals surface area contributed by atoms with Crippen LogP contribution in [0.2, 0.25) is 0 Å². The van der Waals surface area contributed by atoms with Crippen molar-refractivity contribution in [2.45, 2.75) is 6.18 Å². The van der Waals surface area contributed by atoms with Gasteiger partial charge in [0.25, 0.3) is 11.6 Å². The van der Waals surface area contributed by atoms with Crippen LogP contribution in [0.15, 0.2) is 40.9 Å². The van der Waals surface area contributed by atoms with E-state index in [0.29, 0.717) is 6.07 Å². The summed E-state index contributed by atoms with van der Waals surface area (Å²) in [4.78, 5) is 33.6. The molecule has 0 heterocycles. The van der Waals surface area contributed by atoms with Crippen LogP contribution in [0.1, 0.15) is 15.9 Å². The van der Waals surface area contributed by atoms with Crippen molar-refractivity contribution >= 4 is 39.2 Å². The molecule has 1 N–H and O–H groups in total. The highest BCUT2D eigenvalue weighted by molar-refractivity contribution is 9.10. The zero-order valence-electron chi connectivity index (χ0n) is 13.5. The Kier molecular flexibility index (Phi) is 6.33. The van der Waals surface area contributed by atoms with Crippen molar-refractivity contribution in [3.05, 3.63) is 67.9 Å². The van der Waals surface area contributed by atoms with Crippen LogP contribution in [-0.4, -0.2) is 23.4 Å². The number of nitro groups is 1. The molecule has 0 saturated carbocycles. The molecule has 0 aliphatic heterocycles. The number of nitrogens with zero attached hydrogens (tertiary/aromatic N) is 1. The van der Waals surface area contributed by atoms with Gasteiger partial charge in [-0.2, -0.15) is 13.2 Å². The second-order valence-corrected chi connectivity index (χ2v) is 6.09. The summed E-state index contributed by atoms with van der Waals surface area (Å²) >= 11 is 2.95. The largest absolute Gasteiger partial charge is 0.452 e. The van der Waals surface area contributed by atoms with E-state index in [4.69, 9.17) is 4.74 Å². The smallest absolute Gasteiger partial charge is 0.416 e. The molecule has 0 fully saturated rings. The molecular weight excluding hydrogens is 456 g/mol. The van der Waals surface area contributed by atoms with Gasteiger partial charge in [0.2, 0.25) is 0 Å². The lowest BCUT2D eigenvalue weighted by molar-refractivity contribution is -0.384. The van der Waals surface area contributed by atoms with Crippen LogP contribution in [0.3, 0.4) is 0 Å². The Labute approximate surface area is 162 Å². The monoisotopic (exact) mass is 464 g/mol. The number of alkyl halides is 3. The number of ether oxygens (including phenoxy) is 1. The average molecular weight is 465 g/mol. The Morgan fingerprint density at radius 2 is 1.86 bits per heavy atom. The normalized spacial score (nSPS) is 11.0. The lowest BCUT2D eigenvalue weighted by atomic mass is 10.1. The zero-order chi connectivity index (χ0) is 21.1. The second-order valence-electron chi connectivity index (χ2n) is 5.24. The van der Waals surface area contributed by atoms with E-state index in [1.54, 1.807) is 0 Å². The first kappa shape index (κ1) is 21.3. The lowest BCUT2D eigenvalue weighted by Crippen LogP contribution is -2.21. The fourth-order valence-corrected chi connectivity index (χ4v) is 2.53. The van der Waals surface area contributed by atoms with Crippen molar-refractivity contribution in [1.29, 1.82) is 0 Å². The molecule has 0 aromatic heterocycles. The molecule has 0 bridgehead atoms.